The van der Waals surface area contributed by atoms with Gasteiger partial charge in [0.25, 0.3) is 0 Å². The van der Waals surface area contributed by atoms with Crippen molar-refractivity contribution in [2.45, 2.75) is 26.7 Å². The first-order chi connectivity index (χ1) is 9.25. The van der Waals surface area contributed by atoms with Crippen LogP contribution in [-0.4, -0.2) is 33.7 Å². The molecule has 1 aromatic carbocycles. The molecule has 1 amide bonds. The highest BCUT2D eigenvalue weighted by atomic mass is 32.2. The minimum atomic E-state index is -3.49. The van der Waals surface area contributed by atoms with Crippen LogP contribution in [0.15, 0.2) is 24.3 Å². The zero-order valence-corrected chi connectivity index (χ0v) is 13.2. The van der Waals surface area contributed by atoms with E-state index in [4.69, 9.17) is 0 Å². The molecule has 1 N–H and O–H groups in total. The van der Waals surface area contributed by atoms with Gasteiger partial charge in [-0.3, -0.25) is 9.10 Å². The lowest BCUT2D eigenvalue weighted by Gasteiger charge is -2.22. The van der Waals surface area contributed by atoms with Gasteiger partial charge in [0.2, 0.25) is 15.9 Å². The van der Waals surface area contributed by atoms with Crippen molar-refractivity contribution in [3.05, 3.63) is 29.8 Å². The van der Waals surface area contributed by atoms with Crippen LogP contribution in [0.3, 0.4) is 0 Å². The van der Waals surface area contributed by atoms with E-state index in [1.165, 1.54) is 0 Å². The number of amides is 1. The molecule has 5 nitrogen and oxygen atoms in total. The molecule has 0 saturated heterocycles. The fraction of sp³-hybridized carbons (Fsp3) is 0.500. The van der Waals surface area contributed by atoms with Gasteiger partial charge < -0.3 is 5.32 Å². The number of nitrogens with one attached hydrogen (secondary N) is 1. The zero-order chi connectivity index (χ0) is 15.3. The fourth-order valence-corrected chi connectivity index (χ4v) is 2.67. The van der Waals surface area contributed by atoms with E-state index in [-0.39, 0.29) is 12.5 Å². The van der Waals surface area contributed by atoms with Crippen LogP contribution in [0.4, 0.5) is 5.69 Å². The van der Waals surface area contributed by atoms with E-state index in [2.05, 4.69) is 19.2 Å². The Morgan fingerprint density at radius 3 is 2.20 bits per heavy atom. The van der Waals surface area contributed by atoms with Crippen molar-refractivity contribution in [1.82, 2.24) is 5.32 Å². The van der Waals surface area contributed by atoms with Gasteiger partial charge in [0.1, 0.15) is 6.54 Å². The molecule has 0 atom stereocenters. The third kappa shape index (κ3) is 4.52. The van der Waals surface area contributed by atoms with E-state index in [1.807, 2.05) is 12.1 Å². The molecule has 0 aliphatic carbocycles. The molecule has 0 aliphatic heterocycles. The average Bonchev–Trinajstić information content (AvgIpc) is 2.35. The summed E-state index contributed by atoms with van der Waals surface area (Å²) in [7, 11) is -3.49. The van der Waals surface area contributed by atoms with Crippen molar-refractivity contribution in [2.75, 3.05) is 23.7 Å². The van der Waals surface area contributed by atoms with E-state index in [0.29, 0.717) is 18.2 Å². The van der Waals surface area contributed by atoms with E-state index >= 15 is 0 Å². The first-order valence-corrected chi connectivity index (χ1v) is 8.45. The molecule has 0 fully saturated rings. The Kier molecular flexibility index (Phi) is 5.56. The Morgan fingerprint density at radius 2 is 1.80 bits per heavy atom. The summed E-state index contributed by atoms with van der Waals surface area (Å²) in [6.45, 7) is 6.20. The summed E-state index contributed by atoms with van der Waals surface area (Å²) in [4.78, 5) is 11.6. The van der Waals surface area contributed by atoms with Gasteiger partial charge in [-0.25, -0.2) is 8.42 Å². The summed E-state index contributed by atoms with van der Waals surface area (Å²) in [5.41, 5.74) is 1.63. The standard InChI is InChI=1S/C14H22N2O3S/c1-5-15-14(17)10-16(20(4,18)19)13-8-6-12(7-9-13)11(2)3/h6-9,11H,5,10H2,1-4H3,(H,15,17). The average molecular weight is 298 g/mol. The number of likely N-dealkylation sites (N-methyl/N-ethyl adjacent to an activating group) is 1. The monoisotopic (exact) mass is 298 g/mol. The summed E-state index contributed by atoms with van der Waals surface area (Å²) < 4.78 is 24.8. The Balaban J connectivity index is 3.03. The van der Waals surface area contributed by atoms with Gasteiger partial charge in [-0.15, -0.1) is 0 Å². The first kappa shape index (κ1) is 16.5. The van der Waals surface area contributed by atoms with Gasteiger partial charge in [0, 0.05) is 6.54 Å². The second-order valence-corrected chi connectivity index (χ2v) is 6.88. The molecule has 0 heterocycles. The molecule has 0 spiro atoms. The number of hydrogen-bond acceptors (Lipinski definition) is 3. The number of benzene rings is 1. The van der Waals surface area contributed by atoms with Crippen LogP contribution in [0.25, 0.3) is 0 Å². The van der Waals surface area contributed by atoms with Gasteiger partial charge >= 0.3 is 0 Å². The number of rotatable bonds is 6. The number of sulfonamides is 1. The molecule has 0 saturated carbocycles. The van der Waals surface area contributed by atoms with Crippen LogP contribution >= 0.6 is 0 Å². The molecule has 0 aromatic heterocycles. The lowest BCUT2D eigenvalue weighted by atomic mass is 10.0. The van der Waals surface area contributed by atoms with E-state index in [1.54, 1.807) is 19.1 Å². The summed E-state index contributed by atoms with van der Waals surface area (Å²) in [6.07, 6.45) is 1.10. The van der Waals surface area contributed by atoms with Gasteiger partial charge in [-0.1, -0.05) is 26.0 Å². The van der Waals surface area contributed by atoms with Crippen LogP contribution in [0, 0.1) is 0 Å². The molecule has 6 heteroatoms. The Morgan fingerprint density at radius 1 is 1.25 bits per heavy atom. The molecule has 1 rings (SSSR count). The third-order valence-corrected chi connectivity index (χ3v) is 4.05. The van der Waals surface area contributed by atoms with Crippen molar-refractivity contribution in [3.63, 3.8) is 0 Å². The largest absolute Gasteiger partial charge is 0.355 e. The second-order valence-electron chi connectivity index (χ2n) is 4.97. The maximum absolute atomic E-state index is 11.8. The van der Waals surface area contributed by atoms with Gasteiger partial charge in [-0.05, 0) is 30.5 Å². The molecule has 0 radical (unpaired) electrons. The van der Waals surface area contributed by atoms with Crippen molar-refractivity contribution < 1.29 is 13.2 Å². The lowest BCUT2D eigenvalue weighted by Crippen LogP contribution is -2.40. The topological polar surface area (TPSA) is 66.5 Å². The molecule has 0 unspecified atom stereocenters. The normalized spacial score (nSPS) is 11.4. The highest BCUT2D eigenvalue weighted by Gasteiger charge is 2.20. The number of carbonyl (C=O) groups is 1. The first-order valence-electron chi connectivity index (χ1n) is 6.60. The number of anilines is 1. The van der Waals surface area contributed by atoms with Crippen LogP contribution in [-0.2, 0) is 14.8 Å². The Labute approximate surface area is 121 Å². The quantitative estimate of drug-likeness (QED) is 0.869. The molecule has 1 aromatic rings. The van der Waals surface area contributed by atoms with Crippen molar-refractivity contribution in [2.24, 2.45) is 0 Å². The van der Waals surface area contributed by atoms with Gasteiger partial charge in [-0.2, -0.15) is 0 Å². The number of nitrogens with zero attached hydrogens (tertiary/aromatic N) is 1. The molecule has 0 aliphatic rings. The molecule has 20 heavy (non-hydrogen) atoms. The van der Waals surface area contributed by atoms with E-state index in [9.17, 15) is 13.2 Å². The predicted octanol–water partition coefficient (Wildman–Crippen LogP) is 1.71. The van der Waals surface area contributed by atoms with Gasteiger partial charge in [0.05, 0.1) is 11.9 Å². The summed E-state index contributed by atoms with van der Waals surface area (Å²) in [5, 5.41) is 2.60. The van der Waals surface area contributed by atoms with Crippen LogP contribution < -0.4 is 9.62 Å². The smallest absolute Gasteiger partial charge is 0.240 e. The summed E-state index contributed by atoms with van der Waals surface area (Å²) in [5.74, 6) is 0.0602. The molecule has 0 bridgehead atoms. The zero-order valence-electron chi connectivity index (χ0n) is 12.4. The van der Waals surface area contributed by atoms with Crippen molar-refractivity contribution in [3.8, 4) is 0 Å². The third-order valence-electron chi connectivity index (χ3n) is 2.91. The Hall–Kier alpha value is -1.56. The number of carbonyl (C=O) groups excluding carboxylic acids is 1. The van der Waals surface area contributed by atoms with E-state index < -0.39 is 10.0 Å². The number of hydrogen-bond donors (Lipinski definition) is 1. The van der Waals surface area contributed by atoms with Crippen LogP contribution in [0.1, 0.15) is 32.3 Å². The van der Waals surface area contributed by atoms with Crippen molar-refractivity contribution in [1.29, 1.82) is 0 Å². The van der Waals surface area contributed by atoms with E-state index in [0.717, 1.165) is 16.1 Å². The highest BCUT2D eigenvalue weighted by Crippen LogP contribution is 2.21. The van der Waals surface area contributed by atoms with Crippen LogP contribution in [0.5, 0.6) is 0 Å². The predicted molar refractivity (Wildman–Crippen MR) is 81.4 cm³/mol. The molecule has 112 valence electrons. The lowest BCUT2D eigenvalue weighted by molar-refractivity contribution is -0.119. The molecular weight excluding hydrogens is 276 g/mol. The minimum Gasteiger partial charge on any atom is -0.355 e. The maximum atomic E-state index is 11.8. The van der Waals surface area contributed by atoms with Gasteiger partial charge in [0.15, 0.2) is 0 Å². The summed E-state index contributed by atoms with van der Waals surface area (Å²) in [6, 6.07) is 7.23. The highest BCUT2D eigenvalue weighted by molar-refractivity contribution is 7.92. The molecular formula is C14H22N2O3S. The second kappa shape index (κ2) is 6.74. The Bertz CT molecular complexity index is 550. The maximum Gasteiger partial charge on any atom is 0.240 e. The van der Waals surface area contributed by atoms with Crippen LogP contribution in [0.2, 0.25) is 0 Å². The summed E-state index contributed by atoms with van der Waals surface area (Å²) >= 11 is 0. The van der Waals surface area contributed by atoms with Crippen molar-refractivity contribution >= 4 is 21.6 Å². The SMILES string of the molecule is CCNC(=O)CN(c1ccc(C(C)C)cc1)S(C)(=O)=O. The minimum absolute atomic E-state index is 0.201. The fourth-order valence-electron chi connectivity index (χ4n) is 1.81.